The number of carbonyl (C=O) groups excluding carboxylic acids is 3. The molecule has 2 aliphatic heterocycles. The summed E-state index contributed by atoms with van der Waals surface area (Å²) in [6.45, 7) is 11.0. The van der Waals surface area contributed by atoms with Crippen molar-refractivity contribution in [3.63, 3.8) is 0 Å². The van der Waals surface area contributed by atoms with Crippen LogP contribution in [-0.2, 0) is 35.6 Å². The van der Waals surface area contributed by atoms with Gasteiger partial charge < -0.3 is 38.4 Å². The molecular weight excluding hydrogens is 594 g/mol. The fourth-order valence-corrected chi connectivity index (χ4v) is 7.29. The Bertz CT molecular complexity index is 1590. The van der Waals surface area contributed by atoms with Crippen molar-refractivity contribution in [2.45, 2.75) is 101 Å². The zero-order valence-corrected chi connectivity index (χ0v) is 27.2. The molecule has 2 aromatic rings. The van der Waals surface area contributed by atoms with Gasteiger partial charge in [-0.1, -0.05) is 36.4 Å². The molecule has 1 fully saturated rings. The number of esters is 1. The first-order valence-corrected chi connectivity index (χ1v) is 15.6. The van der Waals surface area contributed by atoms with Crippen LogP contribution in [0.3, 0.4) is 0 Å². The van der Waals surface area contributed by atoms with E-state index in [9.17, 15) is 19.5 Å². The predicted octanol–water partition coefficient (Wildman–Crippen LogP) is 5.51. The first-order chi connectivity index (χ1) is 21.5. The third-order valence-corrected chi connectivity index (χ3v) is 9.06. The second-order valence-electron chi connectivity index (χ2n) is 14.4. The number of nitrogens with zero attached hydrogens (tertiary/aromatic N) is 1. The Morgan fingerprint density at radius 1 is 0.957 bits per heavy atom. The van der Waals surface area contributed by atoms with Crippen LogP contribution in [0.25, 0.3) is 0 Å². The summed E-state index contributed by atoms with van der Waals surface area (Å²) in [4.78, 5) is 41.5. The van der Waals surface area contributed by atoms with Crippen LogP contribution in [0.15, 0.2) is 54.3 Å². The highest BCUT2D eigenvalue weighted by atomic mass is 16.7. The van der Waals surface area contributed by atoms with E-state index in [-0.39, 0.29) is 24.0 Å². The summed E-state index contributed by atoms with van der Waals surface area (Å²) < 4.78 is 34.6. The molecule has 2 aromatic carbocycles. The van der Waals surface area contributed by atoms with Crippen LogP contribution in [0.1, 0.15) is 77.2 Å². The summed E-state index contributed by atoms with van der Waals surface area (Å²) in [6.07, 6.45) is -1.37. The van der Waals surface area contributed by atoms with Gasteiger partial charge >= 0.3 is 18.3 Å². The van der Waals surface area contributed by atoms with Crippen LogP contribution < -0.4 is 9.47 Å². The average molecular weight is 636 g/mol. The maximum absolute atomic E-state index is 13.9. The van der Waals surface area contributed by atoms with E-state index in [0.29, 0.717) is 30.7 Å². The predicted molar refractivity (Wildman–Crippen MR) is 164 cm³/mol. The highest BCUT2D eigenvalue weighted by Crippen LogP contribution is 2.65. The van der Waals surface area contributed by atoms with Gasteiger partial charge in [-0.2, -0.15) is 0 Å². The third-order valence-electron chi connectivity index (χ3n) is 9.06. The van der Waals surface area contributed by atoms with Crippen molar-refractivity contribution < 1.29 is 47.9 Å². The van der Waals surface area contributed by atoms with Crippen molar-refractivity contribution in [3.05, 3.63) is 71.0 Å². The third kappa shape index (κ3) is 5.39. The SMILES string of the molecule is CN1CC[C@]23c4c5ccc(OC(=O)OC(C)(C)C)c4O[C@H]2C(OC(=O)[C@@H](OC(=O)OC(C)(C)C)c2ccccc2)=CC[C@@]3(O)[C@@H]1C5. The molecule has 0 amide bonds. The number of aliphatic hydroxyl groups is 1. The fourth-order valence-electron chi connectivity index (χ4n) is 7.29. The van der Waals surface area contributed by atoms with E-state index in [0.717, 1.165) is 11.1 Å². The standard InChI is InChI=1S/C35H41NO10/c1-32(2,3)45-30(38)42-22-14-13-21-19-24-35(40)16-15-23(28-34(35,17-18-36(24)7)25(21)27(22)43-28)41-29(37)26(20-11-9-8-10-12-20)44-31(39)46-33(4,5)6/h8-15,24,26,28,40H,16-19H2,1-7H3/t24-,26-,28-,34-,35+/m0/s1. The van der Waals surface area contributed by atoms with Gasteiger partial charge in [0, 0.05) is 23.6 Å². The van der Waals surface area contributed by atoms with Crippen molar-refractivity contribution in [1.82, 2.24) is 4.90 Å². The minimum atomic E-state index is -1.43. The molecule has 5 atom stereocenters. The molecule has 11 heteroatoms. The van der Waals surface area contributed by atoms with E-state index in [4.69, 9.17) is 28.4 Å². The maximum atomic E-state index is 13.9. The van der Waals surface area contributed by atoms with Gasteiger partial charge in [0.2, 0.25) is 6.10 Å². The Balaban J connectivity index is 1.37. The van der Waals surface area contributed by atoms with Gasteiger partial charge in [0.1, 0.15) is 17.0 Å². The van der Waals surface area contributed by atoms with Crippen molar-refractivity contribution in [2.24, 2.45) is 0 Å². The van der Waals surface area contributed by atoms with E-state index in [2.05, 4.69) is 4.90 Å². The number of hydrogen-bond donors (Lipinski definition) is 1. The highest BCUT2D eigenvalue weighted by Gasteiger charge is 2.72. The molecule has 0 radical (unpaired) electrons. The van der Waals surface area contributed by atoms with E-state index in [1.807, 2.05) is 13.1 Å². The van der Waals surface area contributed by atoms with Crippen LogP contribution in [-0.4, -0.2) is 70.8 Å². The smallest absolute Gasteiger partial charge is 0.477 e. The van der Waals surface area contributed by atoms with Gasteiger partial charge in [0.05, 0.1) is 11.0 Å². The van der Waals surface area contributed by atoms with E-state index in [1.165, 1.54) is 0 Å². The molecule has 2 heterocycles. The van der Waals surface area contributed by atoms with Gasteiger partial charge in [0.15, 0.2) is 17.6 Å². The summed E-state index contributed by atoms with van der Waals surface area (Å²) in [5.41, 5.74) is -1.79. The first-order valence-electron chi connectivity index (χ1n) is 15.6. The van der Waals surface area contributed by atoms with Gasteiger partial charge in [-0.05, 0) is 85.7 Å². The van der Waals surface area contributed by atoms with Crippen molar-refractivity contribution >= 4 is 18.3 Å². The summed E-state index contributed by atoms with van der Waals surface area (Å²) in [5, 5.41) is 12.5. The van der Waals surface area contributed by atoms with Gasteiger partial charge in [-0.15, -0.1) is 0 Å². The van der Waals surface area contributed by atoms with E-state index in [1.54, 1.807) is 84.0 Å². The quantitative estimate of drug-likeness (QED) is 0.253. The highest BCUT2D eigenvalue weighted by molar-refractivity contribution is 5.80. The summed E-state index contributed by atoms with van der Waals surface area (Å²) in [6, 6.07) is 11.9. The molecule has 0 aromatic heterocycles. The van der Waals surface area contributed by atoms with E-state index >= 15 is 0 Å². The minimum absolute atomic E-state index is 0.151. The van der Waals surface area contributed by atoms with Gasteiger partial charge in [0.25, 0.3) is 0 Å². The Labute approximate surface area is 268 Å². The number of likely N-dealkylation sites (N-methyl/N-ethyl adjacent to an activating group) is 1. The van der Waals surface area contributed by atoms with Gasteiger partial charge in [-0.25, -0.2) is 14.4 Å². The molecular formula is C35H41NO10. The molecule has 0 saturated carbocycles. The molecule has 2 bridgehead atoms. The van der Waals surface area contributed by atoms with Crippen LogP contribution in [0.5, 0.6) is 11.5 Å². The Morgan fingerprint density at radius 2 is 1.63 bits per heavy atom. The lowest BCUT2D eigenvalue weighted by Crippen LogP contribution is -2.74. The minimum Gasteiger partial charge on any atom is -0.477 e. The lowest BCUT2D eigenvalue weighted by Gasteiger charge is -2.61. The molecule has 1 N–H and O–H groups in total. The van der Waals surface area contributed by atoms with Crippen molar-refractivity contribution in [3.8, 4) is 11.5 Å². The zero-order chi connectivity index (χ0) is 33.2. The average Bonchev–Trinajstić information content (AvgIpc) is 3.31. The number of likely N-dealkylation sites (tertiary alicyclic amines) is 1. The number of piperidine rings is 1. The Morgan fingerprint density at radius 3 is 2.30 bits per heavy atom. The number of carbonyl (C=O) groups is 3. The fraction of sp³-hybridized carbons (Fsp3) is 0.514. The monoisotopic (exact) mass is 635 g/mol. The lowest BCUT2D eigenvalue weighted by atomic mass is 9.50. The topological polar surface area (TPSA) is 130 Å². The zero-order valence-electron chi connectivity index (χ0n) is 27.2. The Kier molecular flexibility index (Phi) is 7.63. The normalized spacial score (nSPS) is 26.9. The Hall–Kier alpha value is -4.09. The molecule has 4 aliphatic rings. The number of ether oxygens (including phenoxy) is 6. The summed E-state index contributed by atoms with van der Waals surface area (Å²) >= 11 is 0. The number of rotatable bonds is 5. The molecule has 46 heavy (non-hydrogen) atoms. The second kappa shape index (κ2) is 11.0. The second-order valence-corrected chi connectivity index (χ2v) is 14.4. The molecule has 6 rings (SSSR count). The number of benzene rings is 2. The van der Waals surface area contributed by atoms with Crippen molar-refractivity contribution in [2.75, 3.05) is 13.6 Å². The molecule has 1 spiro atoms. The van der Waals surface area contributed by atoms with Crippen LogP contribution >= 0.6 is 0 Å². The summed E-state index contributed by atoms with van der Waals surface area (Å²) in [5.74, 6) is -0.213. The van der Waals surface area contributed by atoms with Crippen LogP contribution in [0.4, 0.5) is 9.59 Å². The molecule has 1 saturated heterocycles. The first kappa shape index (κ1) is 31.9. The molecule has 11 nitrogen and oxygen atoms in total. The van der Waals surface area contributed by atoms with Crippen LogP contribution in [0.2, 0.25) is 0 Å². The van der Waals surface area contributed by atoms with Gasteiger partial charge in [-0.3, -0.25) is 0 Å². The summed E-state index contributed by atoms with van der Waals surface area (Å²) in [7, 11) is 1.99. The molecule has 0 unspecified atom stereocenters. The van der Waals surface area contributed by atoms with Crippen molar-refractivity contribution in [1.29, 1.82) is 0 Å². The van der Waals surface area contributed by atoms with Crippen LogP contribution in [0, 0.1) is 0 Å². The molecule has 246 valence electrons. The molecule has 2 aliphatic carbocycles. The van der Waals surface area contributed by atoms with E-state index < -0.39 is 52.7 Å². The maximum Gasteiger partial charge on any atom is 0.514 e. The lowest BCUT2D eigenvalue weighted by molar-refractivity contribution is -0.173. The largest absolute Gasteiger partial charge is 0.514 e. The number of hydrogen-bond acceptors (Lipinski definition) is 11.